The predicted molar refractivity (Wildman–Crippen MR) is 154 cm³/mol. The smallest absolute Gasteiger partial charge is 0.330 e. The number of methoxy groups -OCH3 is 1. The molecule has 0 aliphatic heterocycles. The highest BCUT2D eigenvalue weighted by molar-refractivity contribution is 5.87. The summed E-state index contributed by atoms with van der Waals surface area (Å²) in [7, 11) is 3.23. The van der Waals surface area contributed by atoms with Gasteiger partial charge in [-0.2, -0.15) is 0 Å². The number of hydrogen-bond acceptors (Lipinski definition) is 4. The van der Waals surface area contributed by atoms with E-state index in [1.165, 1.54) is 32.4 Å². The summed E-state index contributed by atoms with van der Waals surface area (Å²) in [5.74, 6) is 0.438. The molecule has 3 aromatic carbocycles. The van der Waals surface area contributed by atoms with Gasteiger partial charge in [0.15, 0.2) is 0 Å². The van der Waals surface area contributed by atoms with Crippen LogP contribution in [-0.4, -0.2) is 30.9 Å². The lowest BCUT2D eigenvalue weighted by Gasteiger charge is -2.18. The number of benzene rings is 3. The van der Waals surface area contributed by atoms with E-state index in [1.807, 2.05) is 66.5 Å². The maximum Gasteiger partial charge on any atom is 0.330 e. The molecular formula is C33H39NO4. The zero-order chi connectivity index (χ0) is 27.2. The number of ether oxygens (including phenoxy) is 2. The Hall–Kier alpha value is -3.86. The van der Waals surface area contributed by atoms with Crippen LogP contribution in [0.4, 0.5) is 0 Å². The molecule has 0 aromatic heterocycles. The average molecular weight is 514 g/mol. The van der Waals surface area contributed by atoms with Crippen molar-refractivity contribution < 1.29 is 19.1 Å². The highest BCUT2D eigenvalue weighted by Gasteiger charge is 2.11. The molecule has 0 fully saturated rings. The third kappa shape index (κ3) is 9.22. The largest absolute Gasteiger partial charge is 0.488 e. The molecule has 5 nitrogen and oxygen atoms in total. The number of carbonyl (C=O) groups excluding carboxylic acids is 2. The lowest BCUT2D eigenvalue weighted by atomic mass is 10.0. The van der Waals surface area contributed by atoms with Crippen molar-refractivity contribution in [2.45, 2.75) is 58.6 Å². The molecule has 0 unspecified atom stereocenters. The Morgan fingerprint density at radius 1 is 0.842 bits per heavy atom. The highest BCUT2D eigenvalue weighted by Crippen LogP contribution is 2.30. The Balaban J connectivity index is 1.74. The Labute approximate surface area is 227 Å². The van der Waals surface area contributed by atoms with Gasteiger partial charge in [0.05, 0.1) is 7.11 Å². The molecule has 0 heterocycles. The van der Waals surface area contributed by atoms with E-state index in [2.05, 4.69) is 25.1 Å². The van der Waals surface area contributed by atoms with Crippen LogP contribution in [0.5, 0.6) is 5.75 Å². The molecule has 0 bridgehead atoms. The van der Waals surface area contributed by atoms with E-state index < -0.39 is 5.97 Å². The highest BCUT2D eigenvalue weighted by atomic mass is 16.5. The van der Waals surface area contributed by atoms with Crippen LogP contribution in [0.3, 0.4) is 0 Å². The van der Waals surface area contributed by atoms with E-state index in [0.717, 1.165) is 40.7 Å². The van der Waals surface area contributed by atoms with Crippen LogP contribution in [0, 0.1) is 0 Å². The summed E-state index contributed by atoms with van der Waals surface area (Å²) in [6.45, 7) is 3.18. The van der Waals surface area contributed by atoms with Gasteiger partial charge in [-0.15, -0.1) is 0 Å². The summed E-state index contributed by atoms with van der Waals surface area (Å²) < 4.78 is 10.9. The Morgan fingerprint density at radius 2 is 1.58 bits per heavy atom. The van der Waals surface area contributed by atoms with E-state index in [1.54, 1.807) is 6.08 Å². The maximum atomic E-state index is 12.6. The second kappa shape index (κ2) is 15.4. The molecule has 0 spiro atoms. The molecular weight excluding hydrogens is 474 g/mol. The molecule has 0 saturated carbocycles. The van der Waals surface area contributed by atoms with Crippen LogP contribution < -0.4 is 4.74 Å². The summed E-state index contributed by atoms with van der Waals surface area (Å²) in [6.07, 6.45) is 9.40. The predicted octanol–water partition coefficient (Wildman–Crippen LogP) is 7.44. The summed E-state index contributed by atoms with van der Waals surface area (Å²) in [5.41, 5.74) is 4.95. The molecule has 200 valence electrons. The summed E-state index contributed by atoms with van der Waals surface area (Å²) in [5, 5.41) is 0. The van der Waals surface area contributed by atoms with Gasteiger partial charge in [0.1, 0.15) is 12.4 Å². The van der Waals surface area contributed by atoms with Crippen molar-refractivity contribution in [1.29, 1.82) is 0 Å². The average Bonchev–Trinajstić information content (AvgIpc) is 2.95. The number of nitrogens with zero attached hydrogens (tertiary/aromatic N) is 1. The second-order valence-electron chi connectivity index (χ2n) is 9.50. The first-order valence-corrected chi connectivity index (χ1v) is 13.4. The molecule has 0 aliphatic carbocycles. The third-order valence-corrected chi connectivity index (χ3v) is 6.45. The summed E-state index contributed by atoms with van der Waals surface area (Å²) >= 11 is 0. The van der Waals surface area contributed by atoms with Crippen molar-refractivity contribution in [2.24, 2.45) is 0 Å². The van der Waals surface area contributed by atoms with Crippen molar-refractivity contribution in [3.05, 3.63) is 95.6 Å². The van der Waals surface area contributed by atoms with Crippen LogP contribution in [0.25, 0.3) is 17.2 Å². The van der Waals surface area contributed by atoms with E-state index >= 15 is 0 Å². The van der Waals surface area contributed by atoms with Gasteiger partial charge in [-0.1, -0.05) is 93.3 Å². The van der Waals surface area contributed by atoms with Crippen molar-refractivity contribution in [3.8, 4) is 16.9 Å². The van der Waals surface area contributed by atoms with Gasteiger partial charge in [0.25, 0.3) is 0 Å². The molecule has 0 saturated heterocycles. The third-order valence-electron chi connectivity index (χ3n) is 6.45. The van der Waals surface area contributed by atoms with Gasteiger partial charge in [0, 0.05) is 31.7 Å². The fourth-order valence-corrected chi connectivity index (χ4v) is 4.22. The van der Waals surface area contributed by atoms with Crippen LogP contribution in [0.1, 0.15) is 62.1 Å². The number of unbranched alkanes of at least 4 members (excludes halogenated alkanes) is 4. The Morgan fingerprint density at radius 3 is 2.34 bits per heavy atom. The van der Waals surface area contributed by atoms with Gasteiger partial charge in [0.2, 0.25) is 5.91 Å². The molecule has 1 amide bonds. The number of hydrogen-bond donors (Lipinski definition) is 0. The van der Waals surface area contributed by atoms with E-state index in [-0.39, 0.29) is 5.91 Å². The molecule has 5 heteroatoms. The first kappa shape index (κ1) is 28.7. The lowest BCUT2D eigenvalue weighted by molar-refractivity contribution is -0.134. The molecule has 0 atom stereocenters. The fraction of sp³-hybridized carbons (Fsp3) is 0.333. The minimum absolute atomic E-state index is 0.185. The van der Waals surface area contributed by atoms with Crippen LogP contribution in [-0.2, 0) is 27.5 Å². The van der Waals surface area contributed by atoms with Gasteiger partial charge >= 0.3 is 5.97 Å². The van der Waals surface area contributed by atoms with E-state index in [9.17, 15) is 9.59 Å². The normalized spacial score (nSPS) is 10.9. The zero-order valence-electron chi connectivity index (χ0n) is 22.8. The topological polar surface area (TPSA) is 55.8 Å². The van der Waals surface area contributed by atoms with Gasteiger partial charge in [-0.3, -0.25) is 4.79 Å². The first-order chi connectivity index (χ1) is 18.5. The number of carbonyl (C=O) groups is 2. The van der Waals surface area contributed by atoms with Crippen molar-refractivity contribution in [2.75, 3.05) is 14.2 Å². The number of amides is 1. The van der Waals surface area contributed by atoms with Crippen molar-refractivity contribution in [1.82, 2.24) is 4.90 Å². The van der Waals surface area contributed by atoms with Gasteiger partial charge < -0.3 is 14.4 Å². The minimum Gasteiger partial charge on any atom is -0.488 e. The Kier molecular flexibility index (Phi) is 11.6. The van der Waals surface area contributed by atoms with Crippen LogP contribution >= 0.6 is 0 Å². The van der Waals surface area contributed by atoms with E-state index in [0.29, 0.717) is 25.3 Å². The quantitative estimate of drug-likeness (QED) is 0.128. The monoisotopic (exact) mass is 513 g/mol. The second-order valence-corrected chi connectivity index (χ2v) is 9.50. The van der Waals surface area contributed by atoms with Crippen molar-refractivity contribution >= 4 is 18.0 Å². The van der Waals surface area contributed by atoms with Gasteiger partial charge in [-0.25, -0.2) is 4.79 Å². The number of esters is 1. The SMILES string of the molecule is CCCCCCCC(=O)N(C)Cc1cccc(-c2ccc(/C=C/C(=O)OC)c(OCc3ccccc3)c2)c1. The fourth-order valence-electron chi connectivity index (χ4n) is 4.22. The molecule has 0 radical (unpaired) electrons. The maximum absolute atomic E-state index is 12.6. The summed E-state index contributed by atoms with van der Waals surface area (Å²) in [4.78, 5) is 26.1. The molecule has 3 aromatic rings. The number of rotatable bonds is 14. The molecule has 0 N–H and O–H groups in total. The molecule has 0 aliphatic rings. The summed E-state index contributed by atoms with van der Waals surface area (Å²) in [6, 6.07) is 24.1. The van der Waals surface area contributed by atoms with Gasteiger partial charge in [-0.05, 0) is 46.9 Å². The zero-order valence-corrected chi connectivity index (χ0v) is 22.8. The minimum atomic E-state index is -0.421. The lowest BCUT2D eigenvalue weighted by Crippen LogP contribution is -2.25. The van der Waals surface area contributed by atoms with Crippen LogP contribution in [0.15, 0.2) is 78.9 Å². The van der Waals surface area contributed by atoms with Crippen molar-refractivity contribution in [3.63, 3.8) is 0 Å². The molecule has 38 heavy (non-hydrogen) atoms. The standard InChI is InChI=1S/C33H39NO4/c1-4-5-6-7-11-17-32(35)34(2)24-27-15-12-16-29(22-27)30-19-18-28(20-21-33(36)37-3)31(23-30)38-25-26-13-9-8-10-14-26/h8-10,12-16,18-23H,4-7,11,17,24-25H2,1-3H3/b21-20+. The molecule has 3 rings (SSSR count). The van der Waals surface area contributed by atoms with E-state index in [4.69, 9.17) is 9.47 Å². The Bertz CT molecular complexity index is 1200. The first-order valence-electron chi connectivity index (χ1n) is 13.4. The van der Waals surface area contributed by atoms with Crippen LogP contribution in [0.2, 0.25) is 0 Å².